The molecule has 0 aromatic heterocycles. The molecule has 1 fully saturated rings. The van der Waals surface area contributed by atoms with E-state index in [1.165, 1.54) is 77.0 Å². The zero-order valence-electron chi connectivity index (χ0n) is 13.4. The quantitative estimate of drug-likeness (QED) is 0.472. The summed E-state index contributed by atoms with van der Waals surface area (Å²) in [6, 6.07) is 0. The van der Waals surface area contributed by atoms with Gasteiger partial charge in [0.1, 0.15) is 0 Å². The predicted octanol–water partition coefficient (Wildman–Crippen LogP) is 5.35. The molecular weight excluding hydrogens is 236 g/mol. The Kier molecular flexibility index (Phi) is 17.8. The van der Waals surface area contributed by atoms with E-state index in [-0.39, 0.29) is 0 Å². The van der Waals surface area contributed by atoms with Crippen LogP contribution in [-0.4, -0.2) is 26.9 Å². The minimum absolute atomic E-state index is 0.941. The summed E-state index contributed by atoms with van der Waals surface area (Å²) >= 11 is 0. The molecule has 0 bridgehead atoms. The first-order valence-electron chi connectivity index (χ1n) is 8.48. The Balaban J connectivity index is 0.000000532. The molecule has 2 heteroatoms. The van der Waals surface area contributed by atoms with Crippen LogP contribution in [0.1, 0.15) is 84.0 Å². The van der Waals surface area contributed by atoms with Crippen LogP contribution in [0, 0.1) is 0 Å². The maximum absolute atomic E-state index is 5.01. The van der Waals surface area contributed by atoms with Crippen LogP contribution < -0.4 is 0 Å². The zero-order chi connectivity index (χ0) is 14.0. The van der Waals surface area contributed by atoms with Gasteiger partial charge in [-0.25, -0.2) is 0 Å². The average Bonchev–Trinajstić information content (AvgIpc) is 3.00. The molecule has 1 saturated heterocycles. The Labute approximate surface area is 121 Å². The molecule has 0 aromatic carbocycles. The Hall–Kier alpha value is -0.0800. The van der Waals surface area contributed by atoms with E-state index in [1.54, 1.807) is 7.11 Å². The summed E-state index contributed by atoms with van der Waals surface area (Å²) in [6.45, 7) is 5.21. The van der Waals surface area contributed by atoms with E-state index in [0.29, 0.717) is 0 Å². The molecule has 0 aromatic rings. The van der Waals surface area contributed by atoms with Crippen LogP contribution in [0.2, 0.25) is 0 Å². The lowest BCUT2D eigenvalue weighted by atomic mass is 10.1. The smallest absolute Gasteiger partial charge is 0.0466 e. The summed E-state index contributed by atoms with van der Waals surface area (Å²) in [6.07, 6.45) is 16.5. The van der Waals surface area contributed by atoms with Gasteiger partial charge in [0.25, 0.3) is 0 Å². The highest BCUT2D eigenvalue weighted by Crippen LogP contribution is 2.10. The molecule has 2 nitrogen and oxygen atoms in total. The van der Waals surface area contributed by atoms with Crippen molar-refractivity contribution >= 4 is 0 Å². The van der Waals surface area contributed by atoms with Crippen molar-refractivity contribution in [2.24, 2.45) is 0 Å². The van der Waals surface area contributed by atoms with E-state index in [9.17, 15) is 0 Å². The van der Waals surface area contributed by atoms with Crippen molar-refractivity contribution in [3.63, 3.8) is 0 Å². The molecule has 19 heavy (non-hydrogen) atoms. The Morgan fingerprint density at radius 1 is 0.737 bits per heavy atom. The molecule has 116 valence electrons. The van der Waals surface area contributed by atoms with Gasteiger partial charge in [0.15, 0.2) is 0 Å². The van der Waals surface area contributed by atoms with Crippen molar-refractivity contribution in [1.82, 2.24) is 0 Å². The number of methoxy groups -OCH3 is 1. The highest BCUT2D eigenvalue weighted by molar-refractivity contribution is 4.47. The summed E-state index contributed by atoms with van der Waals surface area (Å²) in [5.74, 6) is 0. The standard InChI is InChI=1S/C13H28O.C4H8O/c1-3-4-5-6-7-8-9-10-11-12-13-14-2;1-2-4-5-3-1/h3-13H2,1-2H3;1-4H2. The van der Waals surface area contributed by atoms with Crippen molar-refractivity contribution in [3.05, 3.63) is 0 Å². The lowest BCUT2D eigenvalue weighted by Crippen LogP contribution is -1.88. The third kappa shape index (κ3) is 17.9. The molecule has 0 amide bonds. The fourth-order valence-corrected chi connectivity index (χ4v) is 2.24. The molecule has 0 atom stereocenters. The van der Waals surface area contributed by atoms with Gasteiger partial charge in [0, 0.05) is 26.9 Å². The van der Waals surface area contributed by atoms with Crippen molar-refractivity contribution in [2.75, 3.05) is 26.9 Å². The number of ether oxygens (including phenoxy) is 2. The fourth-order valence-electron chi connectivity index (χ4n) is 2.24. The highest BCUT2D eigenvalue weighted by atomic mass is 16.5. The second-order valence-corrected chi connectivity index (χ2v) is 5.49. The Morgan fingerprint density at radius 2 is 1.21 bits per heavy atom. The number of hydrogen-bond acceptors (Lipinski definition) is 2. The maximum atomic E-state index is 5.01. The number of unbranched alkanes of at least 4 members (excludes halogenated alkanes) is 9. The molecular formula is C17H36O2. The van der Waals surface area contributed by atoms with Gasteiger partial charge in [-0.1, -0.05) is 64.7 Å². The SMILES string of the molecule is C1CCOC1.CCCCCCCCCCCCOC. The first-order valence-corrected chi connectivity index (χ1v) is 8.48. The largest absolute Gasteiger partial charge is 0.385 e. The first-order chi connectivity index (χ1) is 9.41. The van der Waals surface area contributed by atoms with E-state index in [0.717, 1.165) is 19.8 Å². The first kappa shape index (κ1) is 18.9. The van der Waals surface area contributed by atoms with E-state index >= 15 is 0 Å². The van der Waals surface area contributed by atoms with Gasteiger partial charge in [-0.2, -0.15) is 0 Å². The lowest BCUT2D eigenvalue weighted by Gasteiger charge is -2.01. The summed E-state index contributed by atoms with van der Waals surface area (Å²) in [5, 5.41) is 0. The van der Waals surface area contributed by atoms with Gasteiger partial charge >= 0.3 is 0 Å². The third-order valence-corrected chi connectivity index (χ3v) is 3.53. The van der Waals surface area contributed by atoms with Crippen LogP contribution in [0.25, 0.3) is 0 Å². The van der Waals surface area contributed by atoms with Gasteiger partial charge in [0.05, 0.1) is 0 Å². The monoisotopic (exact) mass is 272 g/mol. The second kappa shape index (κ2) is 17.9. The van der Waals surface area contributed by atoms with Gasteiger partial charge < -0.3 is 9.47 Å². The molecule has 1 heterocycles. The van der Waals surface area contributed by atoms with Crippen LogP contribution in [0.3, 0.4) is 0 Å². The summed E-state index contributed by atoms with van der Waals surface area (Å²) in [4.78, 5) is 0. The topological polar surface area (TPSA) is 18.5 Å². The van der Waals surface area contributed by atoms with Gasteiger partial charge in [-0.15, -0.1) is 0 Å². The highest BCUT2D eigenvalue weighted by Gasteiger charge is 1.94. The second-order valence-electron chi connectivity index (χ2n) is 5.49. The molecule has 0 N–H and O–H groups in total. The summed E-state index contributed by atoms with van der Waals surface area (Å²) in [7, 11) is 1.79. The van der Waals surface area contributed by atoms with E-state index in [1.807, 2.05) is 0 Å². The predicted molar refractivity (Wildman–Crippen MR) is 83.8 cm³/mol. The van der Waals surface area contributed by atoms with Crippen LogP contribution in [0.15, 0.2) is 0 Å². The van der Waals surface area contributed by atoms with E-state index in [4.69, 9.17) is 9.47 Å². The zero-order valence-corrected chi connectivity index (χ0v) is 13.4. The van der Waals surface area contributed by atoms with Crippen molar-refractivity contribution in [2.45, 2.75) is 84.0 Å². The third-order valence-electron chi connectivity index (χ3n) is 3.53. The van der Waals surface area contributed by atoms with E-state index in [2.05, 4.69) is 6.92 Å². The van der Waals surface area contributed by atoms with Crippen LogP contribution in [0.5, 0.6) is 0 Å². The minimum Gasteiger partial charge on any atom is -0.385 e. The normalized spacial score (nSPS) is 14.2. The molecule has 1 aliphatic heterocycles. The summed E-state index contributed by atoms with van der Waals surface area (Å²) < 4.78 is 9.96. The maximum Gasteiger partial charge on any atom is 0.0466 e. The summed E-state index contributed by atoms with van der Waals surface area (Å²) in [5.41, 5.74) is 0. The van der Waals surface area contributed by atoms with Gasteiger partial charge in [-0.3, -0.25) is 0 Å². The Bertz CT molecular complexity index is 125. The molecule has 0 unspecified atom stereocenters. The van der Waals surface area contributed by atoms with Crippen LogP contribution in [-0.2, 0) is 9.47 Å². The van der Waals surface area contributed by atoms with Crippen molar-refractivity contribution < 1.29 is 9.47 Å². The minimum atomic E-state index is 0.941. The Morgan fingerprint density at radius 3 is 1.58 bits per heavy atom. The van der Waals surface area contributed by atoms with Gasteiger partial charge in [0.2, 0.25) is 0 Å². The number of hydrogen-bond donors (Lipinski definition) is 0. The molecule has 1 rings (SSSR count). The van der Waals surface area contributed by atoms with Gasteiger partial charge in [-0.05, 0) is 19.3 Å². The average molecular weight is 272 g/mol. The van der Waals surface area contributed by atoms with Crippen LogP contribution in [0.4, 0.5) is 0 Å². The molecule has 0 aliphatic carbocycles. The molecule has 0 saturated carbocycles. The lowest BCUT2D eigenvalue weighted by molar-refractivity contribution is 0.192. The molecule has 0 spiro atoms. The molecule has 0 radical (unpaired) electrons. The van der Waals surface area contributed by atoms with E-state index < -0.39 is 0 Å². The number of rotatable bonds is 11. The fraction of sp³-hybridized carbons (Fsp3) is 1.00. The van der Waals surface area contributed by atoms with Crippen LogP contribution >= 0.6 is 0 Å². The molecule has 1 aliphatic rings. The van der Waals surface area contributed by atoms with Crippen molar-refractivity contribution in [1.29, 1.82) is 0 Å². The van der Waals surface area contributed by atoms with Crippen molar-refractivity contribution in [3.8, 4) is 0 Å².